The van der Waals surface area contributed by atoms with Crippen LogP contribution in [0.5, 0.6) is 0 Å². The van der Waals surface area contributed by atoms with Crippen molar-refractivity contribution < 1.29 is 4.79 Å². The van der Waals surface area contributed by atoms with Gasteiger partial charge in [-0.15, -0.1) is 0 Å². The Bertz CT molecular complexity index is 208. The third-order valence-corrected chi connectivity index (χ3v) is 2.93. The first kappa shape index (κ1) is 11.5. The van der Waals surface area contributed by atoms with E-state index >= 15 is 0 Å². The van der Waals surface area contributed by atoms with Crippen LogP contribution in [0.4, 0.5) is 0 Å². The van der Waals surface area contributed by atoms with Gasteiger partial charge >= 0.3 is 0 Å². The molecule has 0 aliphatic heterocycles. The minimum Gasteiger partial charge on any atom is -0.353 e. The molecular weight excluding hydrogens is 174 g/mol. The molecule has 0 heterocycles. The van der Waals surface area contributed by atoms with Gasteiger partial charge in [-0.2, -0.15) is 0 Å². The zero-order valence-electron chi connectivity index (χ0n) is 9.89. The standard InChI is InChI=1S/C12H23NO/c1-9(2)7-11(14)13-10-5-6-12(3,4)8-10/h9-10H,5-8H2,1-4H3,(H,13,14). The molecule has 1 aliphatic carbocycles. The molecule has 1 amide bonds. The fraction of sp³-hybridized carbons (Fsp3) is 0.917. The van der Waals surface area contributed by atoms with Gasteiger partial charge in [-0.3, -0.25) is 4.79 Å². The van der Waals surface area contributed by atoms with Crippen molar-refractivity contribution in [2.24, 2.45) is 11.3 Å². The van der Waals surface area contributed by atoms with Crippen LogP contribution >= 0.6 is 0 Å². The van der Waals surface area contributed by atoms with Crippen LogP contribution in [0.3, 0.4) is 0 Å². The van der Waals surface area contributed by atoms with Crippen molar-refractivity contribution in [2.45, 2.75) is 59.4 Å². The van der Waals surface area contributed by atoms with Gasteiger partial charge in [-0.1, -0.05) is 27.7 Å². The Labute approximate surface area is 87.5 Å². The van der Waals surface area contributed by atoms with Crippen molar-refractivity contribution in [1.82, 2.24) is 5.32 Å². The van der Waals surface area contributed by atoms with E-state index in [2.05, 4.69) is 33.0 Å². The Morgan fingerprint density at radius 2 is 2.14 bits per heavy atom. The molecule has 0 spiro atoms. The lowest BCUT2D eigenvalue weighted by Crippen LogP contribution is -2.34. The summed E-state index contributed by atoms with van der Waals surface area (Å²) >= 11 is 0. The average molecular weight is 197 g/mol. The first-order chi connectivity index (χ1) is 6.39. The zero-order chi connectivity index (χ0) is 10.8. The van der Waals surface area contributed by atoms with Crippen LogP contribution < -0.4 is 5.32 Å². The van der Waals surface area contributed by atoms with E-state index in [1.165, 1.54) is 6.42 Å². The predicted molar refractivity (Wildman–Crippen MR) is 59.0 cm³/mol. The van der Waals surface area contributed by atoms with Gasteiger partial charge in [0.25, 0.3) is 0 Å². The molecule has 1 fully saturated rings. The molecule has 0 aromatic rings. The Hall–Kier alpha value is -0.530. The Morgan fingerprint density at radius 3 is 2.57 bits per heavy atom. The lowest BCUT2D eigenvalue weighted by Gasteiger charge is -2.18. The van der Waals surface area contributed by atoms with Gasteiger partial charge in [0.15, 0.2) is 0 Å². The molecule has 0 radical (unpaired) electrons. The molecule has 2 heteroatoms. The maximum absolute atomic E-state index is 11.5. The molecule has 1 aliphatic rings. The molecule has 1 unspecified atom stereocenters. The molecule has 0 bridgehead atoms. The van der Waals surface area contributed by atoms with Crippen LogP contribution in [0.1, 0.15) is 53.4 Å². The lowest BCUT2D eigenvalue weighted by atomic mass is 9.92. The number of hydrogen-bond donors (Lipinski definition) is 1. The number of nitrogens with one attached hydrogen (secondary N) is 1. The van der Waals surface area contributed by atoms with Crippen molar-refractivity contribution in [3.63, 3.8) is 0 Å². The third kappa shape index (κ3) is 3.69. The minimum atomic E-state index is 0.225. The summed E-state index contributed by atoms with van der Waals surface area (Å²) in [7, 11) is 0. The molecule has 0 saturated heterocycles. The largest absolute Gasteiger partial charge is 0.353 e. The van der Waals surface area contributed by atoms with Crippen LogP contribution in [0.2, 0.25) is 0 Å². The number of amides is 1. The number of carbonyl (C=O) groups excluding carboxylic acids is 1. The van der Waals surface area contributed by atoms with E-state index in [-0.39, 0.29) is 5.91 Å². The molecular formula is C12H23NO. The summed E-state index contributed by atoms with van der Waals surface area (Å²) in [4.78, 5) is 11.5. The van der Waals surface area contributed by atoms with Gasteiger partial charge in [0.05, 0.1) is 0 Å². The highest BCUT2D eigenvalue weighted by Gasteiger charge is 2.31. The summed E-state index contributed by atoms with van der Waals surface area (Å²) in [5.74, 6) is 0.687. The quantitative estimate of drug-likeness (QED) is 0.740. The first-order valence-electron chi connectivity index (χ1n) is 5.68. The van der Waals surface area contributed by atoms with Crippen LogP contribution in [0, 0.1) is 11.3 Å². The zero-order valence-corrected chi connectivity index (χ0v) is 9.89. The summed E-state index contributed by atoms with van der Waals surface area (Å²) in [6, 6.07) is 0.427. The van der Waals surface area contributed by atoms with E-state index in [0.717, 1.165) is 12.8 Å². The topological polar surface area (TPSA) is 29.1 Å². The SMILES string of the molecule is CC(C)CC(=O)NC1CCC(C)(C)C1. The number of carbonyl (C=O) groups is 1. The number of rotatable bonds is 3. The van der Waals surface area contributed by atoms with Crippen molar-refractivity contribution in [3.8, 4) is 0 Å². The molecule has 0 aromatic heterocycles. The summed E-state index contributed by atoms with van der Waals surface area (Å²) in [6.45, 7) is 8.72. The van der Waals surface area contributed by atoms with Crippen LogP contribution in [-0.4, -0.2) is 11.9 Å². The second-order valence-electron chi connectivity index (χ2n) is 5.77. The summed E-state index contributed by atoms with van der Waals surface area (Å²) < 4.78 is 0. The van der Waals surface area contributed by atoms with Crippen molar-refractivity contribution in [2.75, 3.05) is 0 Å². The molecule has 1 N–H and O–H groups in total. The van der Waals surface area contributed by atoms with E-state index in [1.807, 2.05) is 0 Å². The van der Waals surface area contributed by atoms with Gasteiger partial charge in [0.2, 0.25) is 5.91 Å². The van der Waals surface area contributed by atoms with Gasteiger partial charge in [0.1, 0.15) is 0 Å². The Balaban J connectivity index is 2.29. The highest BCUT2D eigenvalue weighted by molar-refractivity contribution is 5.76. The monoisotopic (exact) mass is 197 g/mol. The third-order valence-electron chi connectivity index (χ3n) is 2.93. The molecule has 1 saturated carbocycles. The molecule has 0 aromatic carbocycles. The Kier molecular flexibility index (Phi) is 3.57. The van der Waals surface area contributed by atoms with Gasteiger partial charge in [0, 0.05) is 12.5 Å². The van der Waals surface area contributed by atoms with Crippen LogP contribution in [0.25, 0.3) is 0 Å². The second kappa shape index (κ2) is 4.33. The summed E-state index contributed by atoms with van der Waals surface area (Å²) in [6.07, 6.45) is 4.18. The second-order valence-corrected chi connectivity index (χ2v) is 5.77. The normalized spacial score (nSPS) is 25.4. The summed E-state index contributed by atoms with van der Waals surface area (Å²) in [5.41, 5.74) is 0.426. The minimum absolute atomic E-state index is 0.225. The maximum Gasteiger partial charge on any atom is 0.220 e. The van der Waals surface area contributed by atoms with Gasteiger partial charge in [-0.25, -0.2) is 0 Å². The highest BCUT2D eigenvalue weighted by Crippen LogP contribution is 2.36. The van der Waals surface area contributed by atoms with E-state index < -0.39 is 0 Å². The van der Waals surface area contributed by atoms with Gasteiger partial charge < -0.3 is 5.32 Å². The fourth-order valence-electron chi connectivity index (χ4n) is 2.22. The van der Waals surface area contributed by atoms with Gasteiger partial charge in [-0.05, 0) is 30.6 Å². The predicted octanol–water partition coefficient (Wildman–Crippen LogP) is 2.73. The Morgan fingerprint density at radius 1 is 1.50 bits per heavy atom. The molecule has 82 valence electrons. The van der Waals surface area contributed by atoms with E-state index in [9.17, 15) is 4.79 Å². The van der Waals surface area contributed by atoms with E-state index in [0.29, 0.717) is 23.8 Å². The van der Waals surface area contributed by atoms with Crippen molar-refractivity contribution in [1.29, 1.82) is 0 Å². The van der Waals surface area contributed by atoms with E-state index in [4.69, 9.17) is 0 Å². The number of hydrogen-bond acceptors (Lipinski definition) is 1. The highest BCUT2D eigenvalue weighted by atomic mass is 16.1. The van der Waals surface area contributed by atoms with Crippen molar-refractivity contribution >= 4 is 5.91 Å². The molecule has 1 rings (SSSR count). The van der Waals surface area contributed by atoms with E-state index in [1.54, 1.807) is 0 Å². The van der Waals surface area contributed by atoms with Crippen molar-refractivity contribution in [3.05, 3.63) is 0 Å². The summed E-state index contributed by atoms with van der Waals surface area (Å²) in [5, 5.41) is 3.13. The maximum atomic E-state index is 11.5. The lowest BCUT2D eigenvalue weighted by molar-refractivity contribution is -0.122. The van der Waals surface area contributed by atoms with Crippen LogP contribution in [0.15, 0.2) is 0 Å². The van der Waals surface area contributed by atoms with Crippen LogP contribution in [-0.2, 0) is 4.79 Å². The smallest absolute Gasteiger partial charge is 0.220 e. The fourth-order valence-corrected chi connectivity index (χ4v) is 2.22. The molecule has 1 atom stereocenters. The average Bonchev–Trinajstić information content (AvgIpc) is 2.27. The molecule has 14 heavy (non-hydrogen) atoms. The first-order valence-corrected chi connectivity index (χ1v) is 5.68. The molecule has 2 nitrogen and oxygen atoms in total.